The molecule has 0 spiro atoms. The van der Waals surface area contributed by atoms with E-state index in [9.17, 15) is 4.79 Å². The maximum absolute atomic E-state index is 11.9. The maximum atomic E-state index is 11.9. The highest BCUT2D eigenvalue weighted by molar-refractivity contribution is 6.30. The lowest BCUT2D eigenvalue weighted by Crippen LogP contribution is -2.37. The van der Waals surface area contributed by atoms with Crippen molar-refractivity contribution in [1.29, 1.82) is 0 Å². The van der Waals surface area contributed by atoms with Gasteiger partial charge in [0.05, 0.1) is 6.61 Å². The lowest BCUT2D eigenvalue weighted by molar-refractivity contribution is -0.145. The molecular formula is C14H20ClNO2. The van der Waals surface area contributed by atoms with E-state index in [1.165, 1.54) is 0 Å². The summed E-state index contributed by atoms with van der Waals surface area (Å²) in [6.45, 7) is 6.30. The predicted molar refractivity (Wildman–Crippen MR) is 75.0 cm³/mol. The number of hydrogen-bond donors (Lipinski definition) is 1. The Labute approximate surface area is 113 Å². The molecule has 2 atom stereocenters. The first-order valence-electron chi connectivity index (χ1n) is 6.27. The number of anilines is 1. The van der Waals surface area contributed by atoms with Gasteiger partial charge in [0.2, 0.25) is 0 Å². The second-order valence-electron chi connectivity index (χ2n) is 4.27. The highest BCUT2D eigenvalue weighted by atomic mass is 35.5. The predicted octanol–water partition coefficient (Wildman–Crippen LogP) is 3.73. The average molecular weight is 270 g/mol. The summed E-state index contributed by atoms with van der Waals surface area (Å²) in [6, 6.07) is 6.98. The van der Waals surface area contributed by atoms with Gasteiger partial charge in [-0.1, -0.05) is 31.9 Å². The van der Waals surface area contributed by atoms with Gasteiger partial charge in [0.25, 0.3) is 0 Å². The number of benzene rings is 1. The van der Waals surface area contributed by atoms with Crippen LogP contribution in [0, 0.1) is 5.92 Å². The molecule has 0 aliphatic heterocycles. The Morgan fingerprint density at radius 3 is 2.44 bits per heavy atom. The molecule has 0 saturated carbocycles. The normalized spacial score (nSPS) is 13.8. The van der Waals surface area contributed by atoms with E-state index < -0.39 is 0 Å². The fourth-order valence-electron chi connectivity index (χ4n) is 1.63. The fraction of sp³-hybridized carbons (Fsp3) is 0.500. The van der Waals surface area contributed by atoms with Crippen LogP contribution in [0.2, 0.25) is 5.02 Å². The Balaban J connectivity index is 2.77. The molecule has 0 fully saturated rings. The summed E-state index contributed by atoms with van der Waals surface area (Å²) in [5.41, 5.74) is 0.873. The molecule has 0 bridgehead atoms. The van der Waals surface area contributed by atoms with E-state index in [0.29, 0.717) is 11.6 Å². The standard InChI is InChI=1S/C14H20ClNO2/c1-4-10(3)13(14(17)18-5-2)16-12-8-6-11(15)7-9-12/h6-10,13,16H,4-5H2,1-3H3. The van der Waals surface area contributed by atoms with Gasteiger partial charge in [-0.15, -0.1) is 0 Å². The van der Waals surface area contributed by atoms with E-state index in [-0.39, 0.29) is 17.9 Å². The third kappa shape index (κ3) is 4.22. The van der Waals surface area contributed by atoms with Crippen LogP contribution >= 0.6 is 11.6 Å². The second kappa shape index (κ2) is 7.27. The minimum atomic E-state index is -0.323. The van der Waals surface area contributed by atoms with Crippen LogP contribution in [0.25, 0.3) is 0 Å². The van der Waals surface area contributed by atoms with Crippen LogP contribution in [-0.2, 0) is 9.53 Å². The Morgan fingerprint density at radius 1 is 1.33 bits per heavy atom. The number of halogens is 1. The highest BCUT2D eigenvalue weighted by Crippen LogP contribution is 2.18. The van der Waals surface area contributed by atoms with E-state index in [0.717, 1.165) is 12.1 Å². The molecular weight excluding hydrogens is 250 g/mol. The van der Waals surface area contributed by atoms with Crippen molar-refractivity contribution in [3.8, 4) is 0 Å². The van der Waals surface area contributed by atoms with Crippen LogP contribution < -0.4 is 5.32 Å². The van der Waals surface area contributed by atoms with Gasteiger partial charge in [0, 0.05) is 10.7 Å². The van der Waals surface area contributed by atoms with Crippen LogP contribution in [0.1, 0.15) is 27.2 Å². The van der Waals surface area contributed by atoms with Crippen molar-refractivity contribution in [2.45, 2.75) is 33.2 Å². The van der Waals surface area contributed by atoms with Crippen molar-refractivity contribution in [2.24, 2.45) is 5.92 Å². The highest BCUT2D eigenvalue weighted by Gasteiger charge is 2.24. The Bertz CT molecular complexity index is 378. The van der Waals surface area contributed by atoms with Gasteiger partial charge in [0.15, 0.2) is 0 Å². The maximum Gasteiger partial charge on any atom is 0.328 e. The molecule has 0 radical (unpaired) electrons. The zero-order valence-corrected chi connectivity index (χ0v) is 11.8. The molecule has 1 aromatic rings. The van der Waals surface area contributed by atoms with Crippen LogP contribution in [0.5, 0.6) is 0 Å². The molecule has 2 unspecified atom stereocenters. The quantitative estimate of drug-likeness (QED) is 0.800. The van der Waals surface area contributed by atoms with Gasteiger partial charge >= 0.3 is 5.97 Å². The molecule has 0 saturated heterocycles. The number of esters is 1. The molecule has 0 aliphatic rings. The summed E-state index contributed by atoms with van der Waals surface area (Å²) in [4.78, 5) is 11.9. The minimum absolute atomic E-state index is 0.207. The molecule has 4 heteroatoms. The second-order valence-corrected chi connectivity index (χ2v) is 4.70. The molecule has 18 heavy (non-hydrogen) atoms. The lowest BCUT2D eigenvalue weighted by Gasteiger charge is -2.23. The molecule has 0 heterocycles. The molecule has 1 N–H and O–H groups in total. The smallest absolute Gasteiger partial charge is 0.328 e. The minimum Gasteiger partial charge on any atom is -0.464 e. The number of carbonyl (C=O) groups excluding carboxylic acids is 1. The summed E-state index contributed by atoms with van der Waals surface area (Å²) in [7, 11) is 0. The van der Waals surface area contributed by atoms with E-state index in [1.54, 1.807) is 12.1 Å². The molecule has 0 aromatic heterocycles. The van der Waals surface area contributed by atoms with E-state index >= 15 is 0 Å². The van der Waals surface area contributed by atoms with Crippen LogP contribution in [0.4, 0.5) is 5.69 Å². The Kier molecular flexibility index (Phi) is 5.99. The van der Waals surface area contributed by atoms with Gasteiger partial charge in [-0.05, 0) is 37.1 Å². The topological polar surface area (TPSA) is 38.3 Å². The molecule has 0 aliphatic carbocycles. The fourth-order valence-corrected chi connectivity index (χ4v) is 1.75. The number of nitrogens with one attached hydrogen (secondary N) is 1. The monoisotopic (exact) mass is 269 g/mol. The number of ether oxygens (including phenoxy) is 1. The van der Waals surface area contributed by atoms with Gasteiger partial charge < -0.3 is 10.1 Å². The third-order valence-electron chi connectivity index (χ3n) is 2.92. The summed E-state index contributed by atoms with van der Waals surface area (Å²) in [5, 5.41) is 3.89. The third-order valence-corrected chi connectivity index (χ3v) is 3.17. The van der Waals surface area contributed by atoms with Gasteiger partial charge in [0.1, 0.15) is 6.04 Å². The first-order chi connectivity index (χ1) is 8.58. The molecule has 1 rings (SSSR count). The summed E-state index contributed by atoms with van der Waals surface area (Å²) in [6.07, 6.45) is 0.907. The van der Waals surface area contributed by atoms with E-state index in [1.807, 2.05) is 26.0 Å². The number of carbonyl (C=O) groups is 1. The van der Waals surface area contributed by atoms with Crippen molar-refractivity contribution in [1.82, 2.24) is 0 Å². The van der Waals surface area contributed by atoms with Gasteiger partial charge in [-0.2, -0.15) is 0 Å². The first-order valence-corrected chi connectivity index (χ1v) is 6.65. The molecule has 1 aromatic carbocycles. The number of rotatable bonds is 6. The van der Waals surface area contributed by atoms with Crippen LogP contribution in [-0.4, -0.2) is 18.6 Å². The SMILES string of the molecule is CCOC(=O)C(Nc1ccc(Cl)cc1)C(C)CC. The van der Waals surface area contributed by atoms with Crippen molar-refractivity contribution in [2.75, 3.05) is 11.9 Å². The van der Waals surface area contributed by atoms with E-state index in [4.69, 9.17) is 16.3 Å². The van der Waals surface area contributed by atoms with Gasteiger partial charge in [-0.3, -0.25) is 0 Å². The lowest BCUT2D eigenvalue weighted by atomic mass is 9.99. The summed E-state index contributed by atoms with van der Waals surface area (Å²) >= 11 is 5.83. The average Bonchev–Trinajstić information content (AvgIpc) is 2.37. The number of hydrogen-bond acceptors (Lipinski definition) is 3. The molecule has 3 nitrogen and oxygen atoms in total. The van der Waals surface area contributed by atoms with Crippen molar-refractivity contribution < 1.29 is 9.53 Å². The molecule has 0 amide bonds. The largest absolute Gasteiger partial charge is 0.464 e. The van der Waals surface area contributed by atoms with Crippen LogP contribution in [0.15, 0.2) is 24.3 Å². The Morgan fingerprint density at radius 2 is 1.94 bits per heavy atom. The van der Waals surface area contributed by atoms with Crippen molar-refractivity contribution in [3.63, 3.8) is 0 Å². The Hall–Kier alpha value is -1.22. The van der Waals surface area contributed by atoms with E-state index in [2.05, 4.69) is 12.2 Å². The van der Waals surface area contributed by atoms with Crippen molar-refractivity contribution in [3.05, 3.63) is 29.3 Å². The molecule has 100 valence electrons. The van der Waals surface area contributed by atoms with Crippen LogP contribution in [0.3, 0.4) is 0 Å². The summed E-state index contributed by atoms with van der Waals surface area (Å²) < 4.78 is 5.10. The van der Waals surface area contributed by atoms with Gasteiger partial charge in [-0.25, -0.2) is 4.79 Å². The van der Waals surface area contributed by atoms with Crippen molar-refractivity contribution >= 4 is 23.3 Å². The first kappa shape index (κ1) is 14.8. The zero-order chi connectivity index (χ0) is 13.5. The zero-order valence-electron chi connectivity index (χ0n) is 11.1. The summed E-state index contributed by atoms with van der Waals surface area (Å²) in [5.74, 6) is 0.00141.